The predicted octanol–water partition coefficient (Wildman–Crippen LogP) is 3.20. The van der Waals surface area contributed by atoms with Gasteiger partial charge in [0.05, 0.1) is 11.6 Å². The summed E-state index contributed by atoms with van der Waals surface area (Å²) in [4.78, 5) is 20.3. The molecule has 0 N–H and O–H groups in total. The van der Waals surface area contributed by atoms with E-state index in [1.165, 1.54) is 0 Å². The number of ether oxygens (including phenoxy) is 2. The molecule has 11 heteroatoms. The van der Waals surface area contributed by atoms with Gasteiger partial charge in [-0.3, -0.25) is 9.80 Å². The van der Waals surface area contributed by atoms with Crippen molar-refractivity contribution < 1.29 is 18.3 Å². The van der Waals surface area contributed by atoms with E-state index in [0.717, 1.165) is 38.8 Å². The number of halogens is 3. The van der Waals surface area contributed by atoms with Crippen LogP contribution in [0.2, 0.25) is 5.15 Å². The molecule has 8 nitrogen and oxygen atoms in total. The number of pyridine rings is 1. The molecule has 2 bridgehead atoms. The zero-order valence-electron chi connectivity index (χ0n) is 19.9. The minimum absolute atomic E-state index is 0.0202. The van der Waals surface area contributed by atoms with Crippen molar-refractivity contribution in [1.82, 2.24) is 24.8 Å². The van der Waals surface area contributed by atoms with Crippen LogP contribution in [0.1, 0.15) is 39.0 Å². The van der Waals surface area contributed by atoms with Crippen LogP contribution >= 0.6 is 11.6 Å². The van der Waals surface area contributed by atoms with Gasteiger partial charge in [0.2, 0.25) is 5.88 Å². The lowest BCUT2D eigenvalue weighted by Gasteiger charge is -2.47. The highest BCUT2D eigenvalue weighted by Crippen LogP contribution is 2.46. The zero-order valence-corrected chi connectivity index (χ0v) is 20.6. The van der Waals surface area contributed by atoms with Gasteiger partial charge in [-0.25, -0.2) is 8.78 Å². The van der Waals surface area contributed by atoms with E-state index in [-0.39, 0.29) is 46.9 Å². The maximum absolute atomic E-state index is 15.3. The molecule has 0 aliphatic carbocycles. The number of rotatable bonds is 3. The fourth-order valence-corrected chi connectivity index (χ4v) is 7.52. The van der Waals surface area contributed by atoms with Gasteiger partial charge in [-0.2, -0.15) is 15.0 Å². The first kappa shape index (κ1) is 22.2. The van der Waals surface area contributed by atoms with E-state index in [0.29, 0.717) is 36.3 Å². The summed E-state index contributed by atoms with van der Waals surface area (Å²) in [6.45, 7) is 4.35. The third kappa shape index (κ3) is 3.18. The average Bonchev–Trinajstić information content (AvgIpc) is 3.38. The summed E-state index contributed by atoms with van der Waals surface area (Å²) in [5.41, 5.74) is -0.298. The van der Waals surface area contributed by atoms with Crippen molar-refractivity contribution in [1.29, 1.82) is 0 Å². The quantitative estimate of drug-likeness (QED) is 0.588. The second-order valence-corrected chi connectivity index (χ2v) is 11.2. The highest BCUT2D eigenvalue weighted by molar-refractivity contribution is 6.30. The fourth-order valence-electron chi connectivity index (χ4n) is 7.35. The van der Waals surface area contributed by atoms with E-state index in [1.807, 2.05) is 6.92 Å². The van der Waals surface area contributed by atoms with E-state index in [9.17, 15) is 4.39 Å². The molecule has 0 amide bonds. The molecule has 2 aromatic rings. The molecule has 5 aliphatic rings. The van der Waals surface area contributed by atoms with Crippen LogP contribution in [0.15, 0.2) is 0 Å². The van der Waals surface area contributed by atoms with Crippen molar-refractivity contribution in [3.05, 3.63) is 11.0 Å². The Morgan fingerprint density at radius 1 is 1.23 bits per heavy atom. The molecule has 0 aromatic carbocycles. The molecule has 0 unspecified atom stereocenters. The van der Waals surface area contributed by atoms with Crippen LogP contribution in [-0.2, 0) is 0 Å². The van der Waals surface area contributed by atoms with Gasteiger partial charge < -0.3 is 14.4 Å². The van der Waals surface area contributed by atoms with E-state index < -0.39 is 12.0 Å². The minimum atomic E-state index is -0.855. The Balaban J connectivity index is 1.33. The van der Waals surface area contributed by atoms with Crippen molar-refractivity contribution in [2.45, 2.75) is 75.0 Å². The Morgan fingerprint density at radius 3 is 2.94 bits per heavy atom. The zero-order chi connectivity index (χ0) is 24.1. The number of likely N-dealkylation sites (N-methyl/N-ethyl adjacent to an activating group) is 1. The van der Waals surface area contributed by atoms with Crippen LogP contribution in [0.3, 0.4) is 0 Å². The summed E-state index contributed by atoms with van der Waals surface area (Å²) in [6.07, 6.45) is 3.43. The summed E-state index contributed by atoms with van der Waals surface area (Å²) in [5, 5.41) is 0.147. The van der Waals surface area contributed by atoms with Crippen molar-refractivity contribution in [2.24, 2.45) is 0 Å². The molecular weight excluding hydrogens is 478 g/mol. The standard InChI is InChI=1S/C24H29ClF2N6O2/c1-12-19-15-5-4-14(31(15)2)10-33(19)21-16-18(17(27)20(25)29-22(16)35-12)28-23(30-21)34-11-24-6-3-7-32(24)9-13(26)8-24/h12-15,19H,3-11H2,1-2H3/t12-,13+,14+,15-,19+,24-/m0/s1. The van der Waals surface area contributed by atoms with Gasteiger partial charge in [0.15, 0.2) is 11.0 Å². The molecule has 0 radical (unpaired) electrons. The van der Waals surface area contributed by atoms with Gasteiger partial charge in [0.25, 0.3) is 0 Å². The van der Waals surface area contributed by atoms with E-state index >= 15 is 4.39 Å². The van der Waals surface area contributed by atoms with Crippen LogP contribution < -0.4 is 14.4 Å². The number of anilines is 1. The molecule has 188 valence electrons. The van der Waals surface area contributed by atoms with Gasteiger partial charge >= 0.3 is 6.01 Å². The second-order valence-electron chi connectivity index (χ2n) is 10.9. The lowest BCUT2D eigenvalue weighted by atomic mass is 9.95. The number of fused-ring (bicyclic) bond motifs is 6. The predicted molar refractivity (Wildman–Crippen MR) is 127 cm³/mol. The van der Waals surface area contributed by atoms with E-state index in [2.05, 4.69) is 31.7 Å². The second kappa shape index (κ2) is 7.73. The Labute approximate surface area is 207 Å². The Kier molecular flexibility index (Phi) is 4.90. The van der Waals surface area contributed by atoms with Crippen molar-refractivity contribution in [3.63, 3.8) is 0 Å². The Bertz CT molecular complexity index is 1200. The number of nitrogens with zero attached hydrogens (tertiary/aromatic N) is 6. The lowest BCUT2D eigenvalue weighted by Crippen LogP contribution is -2.62. The molecule has 0 spiro atoms. The van der Waals surface area contributed by atoms with Crippen LogP contribution in [-0.4, -0.2) is 94.0 Å². The highest BCUT2D eigenvalue weighted by Gasteiger charge is 2.51. The summed E-state index contributed by atoms with van der Waals surface area (Å²) in [5.74, 6) is 0.124. The van der Waals surface area contributed by atoms with Crippen LogP contribution in [0.4, 0.5) is 14.6 Å². The van der Waals surface area contributed by atoms with Crippen molar-refractivity contribution in [3.8, 4) is 11.9 Å². The van der Waals surface area contributed by atoms with Gasteiger partial charge in [-0.1, -0.05) is 11.6 Å². The molecule has 4 saturated heterocycles. The van der Waals surface area contributed by atoms with Crippen LogP contribution in [0.25, 0.3) is 10.9 Å². The molecule has 7 heterocycles. The number of aromatic nitrogens is 3. The average molecular weight is 507 g/mol. The van der Waals surface area contributed by atoms with Gasteiger partial charge in [-0.05, 0) is 46.2 Å². The number of piperazine rings is 1. The largest absolute Gasteiger partial charge is 0.472 e. The smallest absolute Gasteiger partial charge is 0.319 e. The fraction of sp³-hybridized carbons (Fsp3) is 0.708. The summed E-state index contributed by atoms with van der Waals surface area (Å²) in [7, 11) is 2.16. The minimum Gasteiger partial charge on any atom is -0.472 e. The van der Waals surface area contributed by atoms with Crippen LogP contribution in [0, 0.1) is 5.82 Å². The molecule has 35 heavy (non-hydrogen) atoms. The maximum atomic E-state index is 15.3. The summed E-state index contributed by atoms with van der Waals surface area (Å²) < 4.78 is 42.0. The summed E-state index contributed by atoms with van der Waals surface area (Å²) >= 11 is 6.17. The molecule has 5 aliphatic heterocycles. The van der Waals surface area contributed by atoms with Crippen LogP contribution in [0.5, 0.6) is 11.9 Å². The first-order valence-corrected chi connectivity index (χ1v) is 13.0. The Hall–Kier alpha value is -2.04. The van der Waals surface area contributed by atoms with E-state index in [1.54, 1.807) is 0 Å². The molecule has 4 fully saturated rings. The first-order valence-electron chi connectivity index (χ1n) is 12.6. The maximum Gasteiger partial charge on any atom is 0.319 e. The number of hydrogen-bond donors (Lipinski definition) is 0. The van der Waals surface area contributed by atoms with Gasteiger partial charge in [0, 0.05) is 31.6 Å². The molecule has 7 rings (SSSR count). The normalized spacial score (nSPS) is 36.3. The SMILES string of the molecule is C[C@@H]1Oc2nc(Cl)c(F)c3nc(OC[C@@]45CCCN4C[C@H](F)C5)nc(c23)N2C[C@H]3CC[C@@H]([C@@H]12)N3C. The highest BCUT2D eigenvalue weighted by atomic mass is 35.5. The topological polar surface area (TPSA) is 66.9 Å². The molecule has 0 saturated carbocycles. The number of alkyl halides is 1. The van der Waals surface area contributed by atoms with Crippen molar-refractivity contribution in [2.75, 3.05) is 38.2 Å². The molecule has 2 aromatic heterocycles. The molecule has 6 atom stereocenters. The Morgan fingerprint density at radius 2 is 2.09 bits per heavy atom. The van der Waals surface area contributed by atoms with Crippen molar-refractivity contribution >= 4 is 28.3 Å². The summed E-state index contributed by atoms with van der Waals surface area (Å²) in [6, 6.07) is 0.781. The van der Waals surface area contributed by atoms with Gasteiger partial charge in [-0.15, -0.1) is 0 Å². The third-order valence-corrected chi connectivity index (χ3v) is 9.26. The molecular formula is C24H29ClF2N6O2. The number of hydrogen-bond acceptors (Lipinski definition) is 8. The monoisotopic (exact) mass is 506 g/mol. The first-order chi connectivity index (χ1) is 16.8. The third-order valence-electron chi connectivity index (χ3n) is 9.01. The van der Waals surface area contributed by atoms with E-state index in [4.69, 9.17) is 26.1 Å². The lowest BCUT2D eigenvalue weighted by molar-refractivity contribution is 0.0943. The van der Waals surface area contributed by atoms with Gasteiger partial charge in [0.1, 0.15) is 35.6 Å².